The van der Waals surface area contributed by atoms with Crippen LogP contribution < -0.4 is 4.31 Å². The number of aliphatic hydroxyl groups excluding tert-OH is 1. The van der Waals surface area contributed by atoms with E-state index in [1.807, 2.05) is 6.92 Å². The number of rotatable bonds is 5. The van der Waals surface area contributed by atoms with Gasteiger partial charge in [-0.2, -0.15) is 0 Å². The Morgan fingerprint density at radius 3 is 2.45 bits per heavy atom. The summed E-state index contributed by atoms with van der Waals surface area (Å²) in [5, 5.41) is 12.2. The summed E-state index contributed by atoms with van der Waals surface area (Å²) < 4.78 is 2.33. The third-order valence-corrected chi connectivity index (χ3v) is 6.81. The van der Waals surface area contributed by atoms with Gasteiger partial charge in [0.2, 0.25) is 0 Å². The van der Waals surface area contributed by atoms with Crippen LogP contribution in [0.1, 0.15) is 62.3 Å². The molecule has 1 fully saturated rings. The monoisotopic (exact) mass is 296 g/mol. The summed E-state index contributed by atoms with van der Waals surface area (Å²) in [5.41, 5.74) is 1.61. The second kappa shape index (κ2) is 7.06. The number of hydrogen-bond donors (Lipinski definition) is 1. The zero-order chi connectivity index (χ0) is 14.7. The van der Waals surface area contributed by atoms with Crippen LogP contribution in [0.2, 0.25) is 0 Å². The molecule has 20 heavy (non-hydrogen) atoms. The van der Waals surface area contributed by atoms with Gasteiger partial charge in [-0.05, 0) is 31.6 Å². The molecule has 0 aliphatic heterocycles. The van der Waals surface area contributed by atoms with Crippen LogP contribution in [-0.2, 0) is 6.42 Å². The molecule has 0 spiro atoms. The minimum atomic E-state index is -0.219. The Morgan fingerprint density at radius 1 is 1.25 bits per heavy atom. The Labute approximate surface area is 126 Å². The fraction of sp³-hybridized carbons (Fsp3) is 0.765. The van der Waals surface area contributed by atoms with Crippen LogP contribution in [0.3, 0.4) is 0 Å². The molecule has 3 heteroatoms. The Hall–Kier alpha value is -0.380. The van der Waals surface area contributed by atoms with Gasteiger partial charge in [0.15, 0.2) is 10.3 Å². The quantitative estimate of drug-likeness (QED) is 0.822. The second-order valence-corrected chi connectivity index (χ2v) is 8.69. The molecule has 1 aliphatic carbocycles. The maximum Gasteiger partial charge on any atom is 0.176 e. The van der Waals surface area contributed by atoms with Gasteiger partial charge in [0.25, 0.3) is 0 Å². The van der Waals surface area contributed by atoms with Crippen LogP contribution in [0, 0.1) is 5.92 Å². The van der Waals surface area contributed by atoms with Gasteiger partial charge in [-0.25, -0.2) is 0 Å². The molecule has 1 aromatic rings. The molecule has 1 saturated carbocycles. The smallest absolute Gasteiger partial charge is 0.176 e. The lowest BCUT2D eigenvalue weighted by Crippen LogP contribution is -2.18. The molecule has 0 aromatic carbocycles. The summed E-state index contributed by atoms with van der Waals surface area (Å²) in [4.78, 5) is 1.59. The van der Waals surface area contributed by atoms with E-state index in [1.165, 1.54) is 32.1 Å². The van der Waals surface area contributed by atoms with Crippen LogP contribution in [0.5, 0.6) is 0 Å². The maximum absolute atomic E-state index is 9.85. The highest BCUT2D eigenvalue weighted by molar-refractivity contribution is 7.32. The topological polar surface area (TPSA) is 23.5 Å². The molecule has 0 radical (unpaired) electrons. The zero-order valence-electron chi connectivity index (χ0n) is 13.4. The van der Waals surface area contributed by atoms with E-state index in [0.717, 1.165) is 12.3 Å². The lowest BCUT2D eigenvalue weighted by Gasteiger charge is -2.22. The average molecular weight is 296 g/mol. The molecule has 2 rings (SSSR count). The first-order valence-electron chi connectivity index (χ1n) is 8.00. The van der Waals surface area contributed by atoms with Gasteiger partial charge in [0.1, 0.15) is 0 Å². The summed E-state index contributed by atoms with van der Waals surface area (Å²) in [6.07, 6.45) is 7.72. The summed E-state index contributed by atoms with van der Waals surface area (Å²) in [6.45, 7) is 4.09. The fourth-order valence-electron chi connectivity index (χ4n) is 3.22. The summed E-state index contributed by atoms with van der Waals surface area (Å²) >= 11 is 0. The minimum absolute atomic E-state index is 0.136. The zero-order valence-corrected chi connectivity index (χ0v) is 14.2. The van der Waals surface area contributed by atoms with Gasteiger partial charge in [-0.3, -0.25) is 0 Å². The van der Waals surface area contributed by atoms with Crippen molar-refractivity contribution in [2.75, 3.05) is 18.4 Å². The van der Waals surface area contributed by atoms with Crippen molar-refractivity contribution in [1.29, 1.82) is 0 Å². The third-order valence-electron chi connectivity index (χ3n) is 4.72. The van der Waals surface area contributed by atoms with Crippen molar-refractivity contribution in [3.05, 3.63) is 21.9 Å². The molecule has 3 unspecified atom stereocenters. The summed E-state index contributed by atoms with van der Waals surface area (Å²) in [5.74, 6) is 1.12. The Bertz CT molecular complexity index is 419. The van der Waals surface area contributed by atoms with Crippen LogP contribution in [0.25, 0.3) is 0 Å². The first-order chi connectivity index (χ1) is 9.50. The molecule has 0 amide bonds. The van der Waals surface area contributed by atoms with Gasteiger partial charge in [0.05, 0.1) is 16.8 Å². The molecule has 3 atom stereocenters. The molecule has 1 aliphatic rings. The Morgan fingerprint density at radius 2 is 1.90 bits per heavy atom. The average Bonchev–Trinajstić information content (AvgIpc) is 2.83. The summed E-state index contributed by atoms with van der Waals surface area (Å²) in [6, 6.07) is 2.39. The Kier molecular flexibility index (Phi) is 5.65. The van der Waals surface area contributed by atoms with Gasteiger partial charge in [-0.15, -0.1) is 4.31 Å². The number of aliphatic hydroxyl groups is 1. The highest BCUT2D eigenvalue weighted by Crippen LogP contribution is 2.41. The van der Waals surface area contributed by atoms with Crippen LogP contribution in [0.4, 0.5) is 0 Å². The van der Waals surface area contributed by atoms with Gasteiger partial charge < -0.3 is 5.11 Å². The first kappa shape index (κ1) is 16.0. The molecule has 0 bridgehead atoms. The van der Waals surface area contributed by atoms with Crippen molar-refractivity contribution in [1.82, 2.24) is 0 Å². The van der Waals surface area contributed by atoms with Crippen molar-refractivity contribution >= 4 is 10.7 Å². The number of nitrogens with zero attached hydrogens (tertiary/aromatic N) is 1. The molecule has 0 saturated heterocycles. The molecule has 114 valence electrons. The molecule has 1 N–H and O–H groups in total. The lowest BCUT2D eigenvalue weighted by molar-refractivity contribution is 0.135. The maximum atomic E-state index is 9.85. The van der Waals surface area contributed by atoms with Crippen molar-refractivity contribution in [3.63, 3.8) is 0 Å². The lowest BCUT2D eigenvalue weighted by atomic mass is 9.83. The van der Waals surface area contributed by atoms with Crippen molar-refractivity contribution in [2.24, 2.45) is 5.92 Å². The van der Waals surface area contributed by atoms with Crippen LogP contribution >= 0.6 is 10.7 Å². The summed E-state index contributed by atoms with van der Waals surface area (Å²) in [7, 11) is 4.48. The largest absolute Gasteiger partial charge is 0.393 e. The highest BCUT2D eigenvalue weighted by atomic mass is 32.2. The molecule has 1 heterocycles. The predicted octanol–water partition coefficient (Wildman–Crippen LogP) is 4.24. The molecular formula is C17H30NOS+. The molecule has 1 aromatic heterocycles. The fourth-order valence-corrected chi connectivity index (χ4v) is 5.25. The van der Waals surface area contributed by atoms with Crippen molar-refractivity contribution < 1.29 is 5.11 Å². The van der Waals surface area contributed by atoms with E-state index >= 15 is 0 Å². The van der Waals surface area contributed by atoms with Crippen molar-refractivity contribution in [3.8, 4) is 0 Å². The van der Waals surface area contributed by atoms with Crippen LogP contribution in [0.15, 0.2) is 11.4 Å². The van der Waals surface area contributed by atoms with Crippen LogP contribution in [-0.4, -0.2) is 25.3 Å². The van der Waals surface area contributed by atoms with E-state index in [4.69, 9.17) is 0 Å². The second-order valence-electron chi connectivity index (χ2n) is 6.57. The third kappa shape index (κ3) is 3.63. The SMILES string of the molecule is CC(O)C(C)Cc1c(C2CCCCC2)cc[s+]1N(C)C. The van der Waals surface area contributed by atoms with E-state index in [0.29, 0.717) is 5.92 Å². The first-order valence-corrected chi connectivity index (χ1v) is 9.25. The standard InChI is InChI=1S/C17H30NOS/c1-13(14(2)19)12-17-16(10-11-20(17)18(3)4)15-8-6-5-7-9-15/h10-11,13-15,19H,5-9,12H2,1-4H3/q+1. The van der Waals surface area contributed by atoms with E-state index in [-0.39, 0.29) is 16.8 Å². The van der Waals surface area contributed by atoms with E-state index in [1.54, 1.807) is 10.4 Å². The van der Waals surface area contributed by atoms with Gasteiger partial charge in [0, 0.05) is 32.1 Å². The van der Waals surface area contributed by atoms with Gasteiger partial charge >= 0.3 is 0 Å². The number of hydrogen-bond acceptors (Lipinski definition) is 2. The molecule has 2 nitrogen and oxygen atoms in total. The normalized spacial score (nSPS) is 21.2. The highest BCUT2D eigenvalue weighted by Gasteiger charge is 2.30. The van der Waals surface area contributed by atoms with E-state index in [2.05, 4.69) is 36.8 Å². The minimum Gasteiger partial charge on any atom is -0.393 e. The molecular weight excluding hydrogens is 266 g/mol. The predicted molar refractivity (Wildman–Crippen MR) is 89.4 cm³/mol. The number of thiophene rings is 1. The van der Waals surface area contributed by atoms with E-state index in [9.17, 15) is 5.11 Å². The van der Waals surface area contributed by atoms with E-state index < -0.39 is 0 Å². The van der Waals surface area contributed by atoms with Gasteiger partial charge in [-0.1, -0.05) is 26.2 Å². The Balaban J connectivity index is 2.26. The van der Waals surface area contributed by atoms with Crippen molar-refractivity contribution in [2.45, 2.75) is 64.4 Å².